The van der Waals surface area contributed by atoms with Gasteiger partial charge in [-0.15, -0.1) is 0 Å². The van der Waals surface area contributed by atoms with E-state index in [0.717, 1.165) is 5.56 Å². The second-order valence-corrected chi connectivity index (χ2v) is 4.89. The van der Waals surface area contributed by atoms with Crippen LogP contribution in [0.15, 0.2) is 41.5 Å². The number of aromatic nitrogens is 2. The van der Waals surface area contributed by atoms with Gasteiger partial charge in [-0.1, -0.05) is 12.1 Å². The molecule has 0 aliphatic carbocycles. The van der Waals surface area contributed by atoms with Gasteiger partial charge in [-0.2, -0.15) is 0 Å². The van der Waals surface area contributed by atoms with Gasteiger partial charge < -0.3 is 5.73 Å². The van der Waals surface area contributed by atoms with Gasteiger partial charge >= 0.3 is 5.69 Å². The number of hydrogen-bond acceptors (Lipinski definition) is 2. The molecule has 0 saturated heterocycles. The lowest BCUT2D eigenvalue weighted by Gasteiger charge is -2.12. The molecule has 1 heterocycles. The second kappa shape index (κ2) is 5.40. The number of nitrogens with zero attached hydrogens (tertiary/aromatic N) is 2. The van der Waals surface area contributed by atoms with E-state index in [2.05, 4.69) is 0 Å². The second-order valence-electron chi connectivity index (χ2n) is 4.89. The summed E-state index contributed by atoms with van der Waals surface area (Å²) in [5, 5.41) is 0. The Morgan fingerprint density at radius 2 is 1.84 bits per heavy atom. The highest BCUT2D eigenvalue weighted by molar-refractivity contribution is 5.19. The molecular weight excluding hydrogens is 245 g/mol. The highest BCUT2D eigenvalue weighted by Gasteiger charge is 2.11. The predicted octanol–water partition coefficient (Wildman–Crippen LogP) is 2.07. The van der Waals surface area contributed by atoms with Crippen LogP contribution in [0.5, 0.6) is 0 Å². The average Bonchev–Trinajstić information content (AvgIpc) is 2.72. The van der Waals surface area contributed by atoms with Crippen LogP contribution in [0.2, 0.25) is 0 Å². The van der Waals surface area contributed by atoms with E-state index in [9.17, 15) is 9.18 Å². The van der Waals surface area contributed by atoms with Crippen molar-refractivity contribution in [3.05, 3.63) is 58.5 Å². The fraction of sp³-hybridized carbons (Fsp3) is 0.357. The standard InChI is InChI=1S/C14H18FN3O/c1-10(2)18-8-7-17(14(18)19)9-13(16)11-3-5-12(15)6-4-11/h3-8,10,13H,9,16H2,1-2H3. The number of hydrogen-bond donors (Lipinski definition) is 1. The third-order valence-electron chi connectivity index (χ3n) is 3.12. The Kier molecular flexibility index (Phi) is 3.85. The Morgan fingerprint density at radius 3 is 2.37 bits per heavy atom. The molecule has 0 fully saturated rings. The van der Waals surface area contributed by atoms with Gasteiger partial charge in [0.15, 0.2) is 0 Å². The number of benzene rings is 1. The van der Waals surface area contributed by atoms with Gasteiger partial charge in [0.25, 0.3) is 0 Å². The van der Waals surface area contributed by atoms with Crippen LogP contribution in [-0.4, -0.2) is 9.13 Å². The van der Waals surface area contributed by atoms with Crippen molar-refractivity contribution in [2.75, 3.05) is 0 Å². The number of nitrogens with two attached hydrogens (primary N) is 1. The zero-order chi connectivity index (χ0) is 14.0. The number of imidazole rings is 1. The molecule has 0 aliphatic heterocycles. The molecule has 2 rings (SSSR count). The van der Waals surface area contributed by atoms with Gasteiger partial charge in [0, 0.05) is 31.0 Å². The van der Waals surface area contributed by atoms with E-state index in [1.54, 1.807) is 33.7 Å². The maximum absolute atomic E-state index is 12.8. The van der Waals surface area contributed by atoms with E-state index in [1.807, 2.05) is 13.8 Å². The van der Waals surface area contributed by atoms with E-state index >= 15 is 0 Å². The summed E-state index contributed by atoms with van der Waals surface area (Å²) in [4.78, 5) is 12.0. The summed E-state index contributed by atoms with van der Waals surface area (Å²) >= 11 is 0. The van der Waals surface area contributed by atoms with Crippen molar-refractivity contribution in [3.63, 3.8) is 0 Å². The highest BCUT2D eigenvalue weighted by Crippen LogP contribution is 2.12. The summed E-state index contributed by atoms with van der Waals surface area (Å²) in [6, 6.07) is 5.82. The Hall–Kier alpha value is -1.88. The van der Waals surface area contributed by atoms with E-state index < -0.39 is 0 Å². The summed E-state index contributed by atoms with van der Waals surface area (Å²) in [7, 11) is 0. The highest BCUT2D eigenvalue weighted by atomic mass is 19.1. The van der Waals surface area contributed by atoms with E-state index in [1.165, 1.54) is 12.1 Å². The summed E-state index contributed by atoms with van der Waals surface area (Å²) < 4.78 is 16.1. The molecule has 19 heavy (non-hydrogen) atoms. The maximum atomic E-state index is 12.8. The summed E-state index contributed by atoms with van der Waals surface area (Å²) in [6.45, 7) is 4.28. The van der Waals surface area contributed by atoms with Crippen LogP contribution in [-0.2, 0) is 6.54 Å². The molecular formula is C14H18FN3O. The topological polar surface area (TPSA) is 52.9 Å². The zero-order valence-corrected chi connectivity index (χ0v) is 11.1. The molecule has 1 aromatic heterocycles. The minimum Gasteiger partial charge on any atom is -0.322 e. The van der Waals surface area contributed by atoms with Gasteiger partial charge in [0.05, 0.1) is 0 Å². The molecule has 1 atom stereocenters. The van der Waals surface area contributed by atoms with E-state index in [-0.39, 0.29) is 23.6 Å². The largest absolute Gasteiger partial charge is 0.328 e. The van der Waals surface area contributed by atoms with Crippen LogP contribution in [0, 0.1) is 5.82 Å². The van der Waals surface area contributed by atoms with Gasteiger partial charge in [-0.3, -0.25) is 9.13 Å². The minimum atomic E-state index is -0.332. The number of halogens is 1. The van der Waals surface area contributed by atoms with Crippen LogP contribution < -0.4 is 11.4 Å². The Bertz CT molecular complexity index is 598. The van der Waals surface area contributed by atoms with Gasteiger partial charge in [-0.05, 0) is 31.5 Å². The maximum Gasteiger partial charge on any atom is 0.328 e. The van der Waals surface area contributed by atoms with Gasteiger partial charge in [-0.25, -0.2) is 9.18 Å². The molecule has 1 unspecified atom stereocenters. The molecule has 0 radical (unpaired) electrons. The molecule has 5 heteroatoms. The van der Waals surface area contributed by atoms with Crippen LogP contribution in [0.3, 0.4) is 0 Å². The van der Waals surface area contributed by atoms with Crippen molar-refractivity contribution in [3.8, 4) is 0 Å². The lowest BCUT2D eigenvalue weighted by molar-refractivity contribution is 0.519. The average molecular weight is 263 g/mol. The SMILES string of the molecule is CC(C)n1ccn(CC(N)c2ccc(F)cc2)c1=O. The first-order valence-electron chi connectivity index (χ1n) is 6.27. The Labute approximate surface area is 111 Å². The van der Waals surface area contributed by atoms with Gasteiger partial charge in [0.1, 0.15) is 5.82 Å². The first-order valence-corrected chi connectivity index (χ1v) is 6.27. The van der Waals surface area contributed by atoms with Crippen LogP contribution in [0.4, 0.5) is 4.39 Å². The van der Waals surface area contributed by atoms with Crippen LogP contribution in [0.1, 0.15) is 31.5 Å². The molecule has 102 valence electrons. The quantitative estimate of drug-likeness (QED) is 0.918. The summed E-state index contributed by atoms with van der Waals surface area (Å²) in [6.07, 6.45) is 3.48. The Morgan fingerprint density at radius 1 is 1.21 bits per heavy atom. The van der Waals surface area contributed by atoms with Crippen molar-refractivity contribution in [2.24, 2.45) is 5.73 Å². The normalized spacial score (nSPS) is 12.9. The predicted molar refractivity (Wildman–Crippen MR) is 72.4 cm³/mol. The lowest BCUT2D eigenvalue weighted by Crippen LogP contribution is -2.29. The van der Waals surface area contributed by atoms with Crippen molar-refractivity contribution in [2.45, 2.75) is 32.5 Å². The zero-order valence-electron chi connectivity index (χ0n) is 11.1. The molecule has 1 aromatic carbocycles. The third-order valence-corrected chi connectivity index (χ3v) is 3.12. The first kappa shape index (κ1) is 13.5. The number of rotatable bonds is 4. The van der Waals surface area contributed by atoms with Crippen LogP contribution >= 0.6 is 0 Å². The molecule has 0 amide bonds. The van der Waals surface area contributed by atoms with Crippen LogP contribution in [0.25, 0.3) is 0 Å². The van der Waals surface area contributed by atoms with Crippen molar-refractivity contribution in [1.82, 2.24) is 9.13 Å². The van der Waals surface area contributed by atoms with E-state index in [0.29, 0.717) is 6.54 Å². The summed E-state index contributed by atoms with van der Waals surface area (Å²) in [5.74, 6) is -0.293. The van der Waals surface area contributed by atoms with Crippen molar-refractivity contribution < 1.29 is 4.39 Å². The Balaban J connectivity index is 2.17. The smallest absolute Gasteiger partial charge is 0.322 e. The molecule has 0 aliphatic rings. The fourth-order valence-electron chi connectivity index (χ4n) is 1.99. The van der Waals surface area contributed by atoms with Crippen molar-refractivity contribution >= 4 is 0 Å². The first-order chi connectivity index (χ1) is 8.99. The molecule has 4 nitrogen and oxygen atoms in total. The molecule has 0 bridgehead atoms. The van der Waals surface area contributed by atoms with Crippen molar-refractivity contribution in [1.29, 1.82) is 0 Å². The summed E-state index contributed by atoms with van der Waals surface area (Å²) in [5.41, 5.74) is 6.77. The minimum absolute atomic E-state index is 0.0763. The molecule has 0 saturated carbocycles. The third kappa shape index (κ3) is 2.93. The molecule has 2 aromatic rings. The molecule has 0 spiro atoms. The lowest BCUT2D eigenvalue weighted by atomic mass is 10.1. The monoisotopic (exact) mass is 263 g/mol. The van der Waals surface area contributed by atoms with Gasteiger partial charge in [0.2, 0.25) is 0 Å². The van der Waals surface area contributed by atoms with E-state index in [4.69, 9.17) is 5.73 Å². The molecule has 2 N–H and O–H groups in total. The fourth-order valence-corrected chi connectivity index (χ4v) is 1.99.